The molecule has 0 aliphatic heterocycles. The number of carbonyl (C=O) groups excluding carboxylic acids is 1. The summed E-state index contributed by atoms with van der Waals surface area (Å²) < 4.78 is 6.43. The average Bonchev–Trinajstić information content (AvgIpc) is 1.98. The third-order valence-corrected chi connectivity index (χ3v) is 1.22. The third kappa shape index (κ3) is 3.44. The summed E-state index contributed by atoms with van der Waals surface area (Å²) in [7, 11) is 0. The van der Waals surface area contributed by atoms with E-state index in [9.17, 15) is 9.59 Å². The molecule has 1 atom stereocenters. The summed E-state index contributed by atoms with van der Waals surface area (Å²) in [5, 5.41) is 10.7. The van der Waals surface area contributed by atoms with Crippen LogP contribution in [0.5, 0.6) is 0 Å². The number of primary amides is 1. The van der Waals surface area contributed by atoms with Gasteiger partial charge in [0.15, 0.2) is 1.41 Å². The van der Waals surface area contributed by atoms with E-state index in [1.807, 2.05) is 0 Å². The Bertz CT molecular complexity index is 184. The number of carboxylic acid groups (broad SMARTS) is 1. The van der Waals surface area contributed by atoms with E-state index in [2.05, 4.69) is 5.32 Å². The molecular weight excluding hydrogens is 148 g/mol. The quantitative estimate of drug-likeness (QED) is 0.533. The Morgan fingerprint density at radius 3 is 2.45 bits per heavy atom. The fourth-order valence-electron chi connectivity index (χ4n) is 0.655. The summed E-state index contributed by atoms with van der Waals surface area (Å²) in [4.78, 5) is 21.0. The molecule has 0 aliphatic rings. The summed E-state index contributed by atoms with van der Waals surface area (Å²) in [6, 6.07) is -1.76. The Morgan fingerprint density at radius 2 is 2.18 bits per heavy atom. The first-order valence-corrected chi connectivity index (χ1v) is 3.20. The second kappa shape index (κ2) is 3.80. The van der Waals surface area contributed by atoms with Crippen LogP contribution in [0.15, 0.2) is 0 Å². The molecule has 0 aromatic carbocycles. The van der Waals surface area contributed by atoms with Gasteiger partial charge in [-0.1, -0.05) is 13.8 Å². The zero-order valence-electron chi connectivity index (χ0n) is 7.42. The first-order valence-electron chi connectivity index (χ1n) is 3.70. The molecule has 0 bridgehead atoms. The van der Waals surface area contributed by atoms with E-state index in [4.69, 9.17) is 6.52 Å². The number of carbonyl (C=O) groups is 2. The molecule has 0 aromatic heterocycles. The highest BCUT2D eigenvalue weighted by Crippen LogP contribution is 2.00. The van der Waals surface area contributed by atoms with Crippen LogP contribution in [-0.4, -0.2) is 23.1 Å². The van der Waals surface area contributed by atoms with E-state index in [0.29, 0.717) is 0 Å². The topological polar surface area (TPSA) is 92.4 Å². The lowest BCUT2D eigenvalue weighted by atomic mass is 10.1. The van der Waals surface area contributed by atoms with Crippen molar-refractivity contribution in [3.05, 3.63) is 0 Å². The molecule has 0 aromatic rings. The number of urea groups is 1. The lowest BCUT2D eigenvalue weighted by Crippen LogP contribution is -2.46. The smallest absolute Gasteiger partial charge is 0.326 e. The minimum Gasteiger partial charge on any atom is -0.480 e. The lowest BCUT2D eigenvalue weighted by molar-refractivity contribution is -0.140. The largest absolute Gasteiger partial charge is 0.480 e. The van der Waals surface area contributed by atoms with Crippen molar-refractivity contribution in [2.75, 3.05) is 0 Å². The van der Waals surface area contributed by atoms with Crippen molar-refractivity contribution >= 4 is 12.0 Å². The molecule has 0 heterocycles. The number of amides is 2. The van der Waals surface area contributed by atoms with Gasteiger partial charge in [0.1, 0.15) is 6.04 Å². The highest BCUT2D eigenvalue weighted by Gasteiger charge is 2.21. The second-order valence-corrected chi connectivity index (χ2v) is 2.53. The van der Waals surface area contributed by atoms with Crippen LogP contribution in [0.3, 0.4) is 0 Å². The monoisotopic (exact) mass is 161 g/mol. The summed E-state index contributed by atoms with van der Waals surface area (Å²) in [6.45, 7) is 3.34. The molecule has 5 nitrogen and oxygen atoms in total. The fourth-order valence-corrected chi connectivity index (χ4v) is 0.655. The van der Waals surface area contributed by atoms with Crippen LogP contribution in [-0.2, 0) is 4.79 Å². The Kier molecular flexibility index (Phi) is 2.71. The third-order valence-electron chi connectivity index (χ3n) is 1.22. The van der Waals surface area contributed by atoms with E-state index >= 15 is 0 Å². The number of carboxylic acids is 1. The van der Waals surface area contributed by atoms with Crippen LogP contribution in [0.1, 0.15) is 13.8 Å². The van der Waals surface area contributed by atoms with Crippen molar-refractivity contribution in [1.29, 1.82) is 0 Å². The number of aliphatic carboxylic acids is 1. The molecule has 0 spiro atoms. The number of hydrogen-bond acceptors (Lipinski definition) is 2. The SMILES string of the molecule is [2H]NC(=O)N[C@H](C(=O)O)C(C)C. The van der Waals surface area contributed by atoms with Gasteiger partial charge in [-0.2, -0.15) is 0 Å². The van der Waals surface area contributed by atoms with Crippen molar-refractivity contribution < 1.29 is 16.1 Å². The summed E-state index contributed by atoms with van der Waals surface area (Å²) >= 11 is 0. The van der Waals surface area contributed by atoms with Crippen LogP contribution in [0.2, 0.25) is 1.41 Å². The zero-order chi connectivity index (χ0) is 9.72. The highest BCUT2D eigenvalue weighted by molar-refractivity contribution is 5.81. The maximum Gasteiger partial charge on any atom is 0.326 e. The molecule has 0 rings (SSSR count). The van der Waals surface area contributed by atoms with Crippen molar-refractivity contribution in [3.63, 3.8) is 0 Å². The van der Waals surface area contributed by atoms with Gasteiger partial charge in [0.2, 0.25) is 0 Å². The van der Waals surface area contributed by atoms with Crippen molar-refractivity contribution in [1.82, 2.24) is 5.32 Å². The fraction of sp³-hybridized carbons (Fsp3) is 0.667. The normalized spacial score (nSPS) is 13.5. The zero-order valence-corrected chi connectivity index (χ0v) is 6.42. The molecule has 11 heavy (non-hydrogen) atoms. The van der Waals surface area contributed by atoms with Gasteiger partial charge in [-0.15, -0.1) is 0 Å². The number of nitrogens with one attached hydrogen (secondary N) is 1. The molecule has 0 saturated heterocycles. The first-order chi connectivity index (χ1) is 5.49. The molecule has 0 fully saturated rings. The van der Waals surface area contributed by atoms with E-state index in [0.717, 1.165) is 0 Å². The van der Waals surface area contributed by atoms with Gasteiger partial charge in [0, 0.05) is 0 Å². The average molecular weight is 161 g/mol. The van der Waals surface area contributed by atoms with Crippen molar-refractivity contribution in [2.45, 2.75) is 19.9 Å². The minimum absolute atomic E-state index is 0.209. The maximum absolute atomic E-state index is 10.6. The van der Waals surface area contributed by atoms with Gasteiger partial charge in [0.05, 0.1) is 0 Å². The highest BCUT2D eigenvalue weighted by atomic mass is 16.4. The summed E-state index contributed by atoms with van der Waals surface area (Å²) in [5.74, 6) is -1.31. The predicted octanol–water partition coefficient (Wildman–Crippen LogP) is -0.236. The van der Waals surface area contributed by atoms with Crippen molar-refractivity contribution in [2.24, 2.45) is 11.6 Å². The molecular formula is C6H12N2O3. The van der Waals surface area contributed by atoms with Gasteiger partial charge in [-0.3, -0.25) is 0 Å². The van der Waals surface area contributed by atoms with E-state index in [1.54, 1.807) is 19.6 Å². The van der Waals surface area contributed by atoms with Crippen LogP contribution in [0.25, 0.3) is 0 Å². The van der Waals surface area contributed by atoms with E-state index in [1.165, 1.54) is 0 Å². The molecule has 0 unspecified atom stereocenters. The van der Waals surface area contributed by atoms with Gasteiger partial charge in [-0.05, 0) is 5.92 Å². The molecule has 64 valence electrons. The van der Waals surface area contributed by atoms with Gasteiger partial charge in [-0.25, -0.2) is 9.59 Å². The van der Waals surface area contributed by atoms with Crippen molar-refractivity contribution in [3.8, 4) is 0 Å². The van der Waals surface area contributed by atoms with Gasteiger partial charge in [0.25, 0.3) is 0 Å². The lowest BCUT2D eigenvalue weighted by Gasteiger charge is -2.15. The first kappa shape index (κ1) is 7.84. The van der Waals surface area contributed by atoms with Crippen LogP contribution < -0.4 is 11.0 Å². The number of nitrogens with two attached hydrogens (primary N) is 1. The van der Waals surface area contributed by atoms with Crippen LogP contribution >= 0.6 is 0 Å². The molecule has 0 saturated carbocycles. The Morgan fingerprint density at radius 1 is 1.64 bits per heavy atom. The Hall–Kier alpha value is -1.26. The van der Waals surface area contributed by atoms with E-state index < -0.39 is 18.0 Å². The predicted molar refractivity (Wildman–Crippen MR) is 39.0 cm³/mol. The maximum atomic E-state index is 10.6. The molecule has 5 heteroatoms. The summed E-state index contributed by atoms with van der Waals surface area (Å²) in [5.41, 5.74) is 1.54. The summed E-state index contributed by atoms with van der Waals surface area (Å²) in [6.07, 6.45) is 0. The number of rotatable bonds is 3. The molecule has 0 aliphatic carbocycles. The van der Waals surface area contributed by atoms with Crippen LogP contribution in [0, 0.1) is 5.92 Å². The van der Waals surface area contributed by atoms with Gasteiger partial charge < -0.3 is 16.2 Å². The molecule has 2 amide bonds. The minimum atomic E-state index is -1.10. The molecule has 4 N–H and O–H groups in total. The second-order valence-electron chi connectivity index (χ2n) is 2.53. The van der Waals surface area contributed by atoms with Gasteiger partial charge >= 0.3 is 12.0 Å². The standard InChI is InChI=1S/C6H12N2O3/c1-3(2)4(5(9)10)8-6(7)11/h3-4H,1-2H3,(H,9,10)(H3,7,8,11)/t4-/m0/s1/i/hD. The molecule has 0 radical (unpaired) electrons. The van der Waals surface area contributed by atoms with E-state index in [-0.39, 0.29) is 5.92 Å². The Balaban J connectivity index is 4.14. The Labute approximate surface area is 66.0 Å². The number of hydrogen-bond donors (Lipinski definition) is 3. The van der Waals surface area contributed by atoms with Crippen LogP contribution in [0.4, 0.5) is 4.79 Å².